The number of ether oxygens (including phenoxy) is 4. The third-order valence-electron chi connectivity index (χ3n) is 7.64. The summed E-state index contributed by atoms with van der Waals surface area (Å²) in [7, 11) is 0. The summed E-state index contributed by atoms with van der Waals surface area (Å²) in [5.41, 5.74) is 0. The molecule has 1 atom stereocenters. The van der Waals surface area contributed by atoms with E-state index in [2.05, 4.69) is 16.0 Å². The van der Waals surface area contributed by atoms with Gasteiger partial charge in [0.05, 0.1) is 39.6 Å². The van der Waals surface area contributed by atoms with Crippen molar-refractivity contribution in [3.8, 4) is 0 Å². The van der Waals surface area contributed by atoms with E-state index in [0.29, 0.717) is 39.1 Å². The summed E-state index contributed by atoms with van der Waals surface area (Å²) >= 11 is 0. The van der Waals surface area contributed by atoms with Gasteiger partial charge in [-0.15, -0.1) is 0 Å². The Morgan fingerprint density at radius 1 is 0.520 bits per heavy atom. The predicted octanol–water partition coefficient (Wildman–Crippen LogP) is 3.16. The molecule has 0 aliphatic rings. The highest BCUT2D eigenvalue weighted by Gasteiger charge is 2.20. The first-order valence-electron chi connectivity index (χ1n) is 18.3. The van der Waals surface area contributed by atoms with E-state index >= 15 is 0 Å². The maximum atomic E-state index is 12.3. The third kappa shape index (κ3) is 34.7. The highest BCUT2D eigenvalue weighted by Crippen LogP contribution is 2.14. The Morgan fingerprint density at radius 3 is 1.48 bits per heavy atom. The van der Waals surface area contributed by atoms with E-state index in [4.69, 9.17) is 24.1 Å². The van der Waals surface area contributed by atoms with Crippen LogP contribution in [0.5, 0.6) is 0 Å². The van der Waals surface area contributed by atoms with Crippen LogP contribution in [-0.4, -0.2) is 118 Å². The molecule has 0 aromatic rings. The van der Waals surface area contributed by atoms with Crippen LogP contribution in [0.3, 0.4) is 0 Å². The minimum atomic E-state index is -1.18. The van der Waals surface area contributed by atoms with Crippen LogP contribution >= 0.6 is 0 Å². The Balaban J connectivity index is 3.66. The average molecular weight is 718 g/mol. The predicted molar refractivity (Wildman–Crippen MR) is 186 cm³/mol. The van der Waals surface area contributed by atoms with Crippen LogP contribution in [0.4, 0.5) is 0 Å². The molecule has 0 aromatic heterocycles. The molecule has 0 bridgehead atoms. The molecule has 50 heavy (non-hydrogen) atoms. The number of amides is 3. The van der Waals surface area contributed by atoms with Crippen LogP contribution in [0.1, 0.15) is 116 Å². The Hall–Kier alpha value is -3.14. The molecule has 0 aromatic carbocycles. The minimum Gasteiger partial charge on any atom is -0.481 e. The van der Waals surface area contributed by atoms with E-state index in [0.717, 1.165) is 38.5 Å². The molecule has 0 aliphatic carbocycles. The lowest BCUT2D eigenvalue weighted by molar-refractivity contribution is -0.142. The molecule has 0 radical (unpaired) electrons. The van der Waals surface area contributed by atoms with Gasteiger partial charge >= 0.3 is 11.9 Å². The number of aliphatic carboxylic acids is 2. The number of carbonyl (C=O) groups is 6. The number of carbonyl (C=O) groups excluding carboxylic acids is 4. The van der Waals surface area contributed by atoms with Crippen molar-refractivity contribution >= 4 is 35.9 Å². The molecule has 290 valence electrons. The maximum absolute atomic E-state index is 12.3. The molecule has 0 spiro atoms. The summed E-state index contributed by atoms with van der Waals surface area (Å²) in [6.07, 6.45) is 16.3. The molecule has 1 unspecified atom stereocenters. The van der Waals surface area contributed by atoms with Crippen molar-refractivity contribution in [1.29, 1.82) is 0 Å². The van der Waals surface area contributed by atoms with Gasteiger partial charge in [0.1, 0.15) is 25.5 Å². The second-order valence-corrected chi connectivity index (χ2v) is 12.1. The zero-order chi connectivity index (χ0) is 36.9. The van der Waals surface area contributed by atoms with Crippen LogP contribution in [0.25, 0.3) is 0 Å². The standard InChI is InChI=1S/C35H63N3O12/c39-21-24-49-26-25-47-23-20-37-33(42)29-50-28-27-48-22-19-36-31(40)18-17-30(35(45)46)38-32(41)15-13-11-9-7-5-3-1-2-4-6-8-10-12-14-16-34(43)44/h21,30H,1-20,22-29H2,(H,36,40)(H,37,42)(H,38,41)(H,43,44)(H,45,46). The molecule has 3 amide bonds. The van der Waals surface area contributed by atoms with E-state index in [-0.39, 0.29) is 83.0 Å². The Morgan fingerprint density at radius 2 is 0.980 bits per heavy atom. The molecular formula is C35H63N3O12. The third-order valence-corrected chi connectivity index (χ3v) is 7.64. The van der Waals surface area contributed by atoms with Crippen molar-refractivity contribution in [2.24, 2.45) is 0 Å². The van der Waals surface area contributed by atoms with Crippen LogP contribution in [-0.2, 0) is 47.7 Å². The second kappa shape index (κ2) is 35.7. The molecule has 0 fully saturated rings. The lowest BCUT2D eigenvalue weighted by Crippen LogP contribution is -2.41. The first-order chi connectivity index (χ1) is 24.3. The molecule has 0 saturated carbocycles. The normalized spacial score (nSPS) is 11.5. The van der Waals surface area contributed by atoms with Crippen LogP contribution < -0.4 is 16.0 Å². The first-order valence-corrected chi connectivity index (χ1v) is 18.3. The molecule has 0 saturated heterocycles. The topological polar surface area (TPSA) is 216 Å². The molecular weight excluding hydrogens is 654 g/mol. The van der Waals surface area contributed by atoms with Gasteiger partial charge in [0.2, 0.25) is 17.7 Å². The fourth-order valence-electron chi connectivity index (χ4n) is 4.88. The largest absolute Gasteiger partial charge is 0.481 e. The number of rotatable bonds is 38. The van der Waals surface area contributed by atoms with Crippen LogP contribution in [0.15, 0.2) is 0 Å². The summed E-state index contributed by atoms with van der Waals surface area (Å²) in [4.78, 5) is 68.2. The number of carboxylic acid groups (broad SMARTS) is 2. The summed E-state index contributed by atoms with van der Waals surface area (Å²) in [5.74, 6) is -2.85. The average Bonchev–Trinajstić information content (AvgIpc) is 3.08. The van der Waals surface area contributed by atoms with Crippen molar-refractivity contribution < 1.29 is 57.9 Å². The Bertz CT molecular complexity index is 906. The van der Waals surface area contributed by atoms with Gasteiger partial charge in [-0.1, -0.05) is 77.0 Å². The van der Waals surface area contributed by atoms with Crippen molar-refractivity contribution in [1.82, 2.24) is 16.0 Å². The smallest absolute Gasteiger partial charge is 0.326 e. The van der Waals surface area contributed by atoms with Gasteiger partial charge in [-0.3, -0.25) is 19.2 Å². The number of unbranched alkanes of at least 4 members (excludes halogenated alkanes) is 13. The Labute approximate surface area is 297 Å². The minimum absolute atomic E-state index is 0.0155. The molecule has 15 heteroatoms. The lowest BCUT2D eigenvalue weighted by atomic mass is 10.0. The van der Waals surface area contributed by atoms with Gasteiger partial charge in [0, 0.05) is 32.4 Å². The number of nitrogens with one attached hydrogen (secondary N) is 3. The zero-order valence-corrected chi connectivity index (χ0v) is 29.9. The molecule has 0 aliphatic heterocycles. The monoisotopic (exact) mass is 717 g/mol. The van der Waals surface area contributed by atoms with Gasteiger partial charge < -0.3 is 49.9 Å². The number of aldehydes is 1. The van der Waals surface area contributed by atoms with E-state index in [1.165, 1.54) is 44.9 Å². The van der Waals surface area contributed by atoms with E-state index < -0.39 is 18.0 Å². The number of hydrogen-bond acceptors (Lipinski definition) is 10. The molecule has 0 rings (SSSR count). The second-order valence-electron chi connectivity index (χ2n) is 12.1. The van der Waals surface area contributed by atoms with Gasteiger partial charge in [0.15, 0.2) is 0 Å². The van der Waals surface area contributed by atoms with Crippen molar-refractivity contribution in [2.45, 2.75) is 122 Å². The van der Waals surface area contributed by atoms with E-state index in [1.807, 2.05) is 0 Å². The lowest BCUT2D eigenvalue weighted by Gasteiger charge is -2.14. The van der Waals surface area contributed by atoms with Gasteiger partial charge in [-0.05, 0) is 19.3 Å². The first kappa shape index (κ1) is 46.9. The van der Waals surface area contributed by atoms with Crippen LogP contribution in [0.2, 0.25) is 0 Å². The highest BCUT2D eigenvalue weighted by atomic mass is 16.5. The summed E-state index contributed by atoms with van der Waals surface area (Å²) < 4.78 is 20.7. The Kier molecular flexibility index (Phi) is 33.4. The maximum Gasteiger partial charge on any atom is 0.326 e. The number of carboxylic acids is 2. The van der Waals surface area contributed by atoms with Crippen molar-refractivity contribution in [2.75, 3.05) is 65.9 Å². The quantitative estimate of drug-likeness (QED) is 0.0460. The summed E-state index contributed by atoms with van der Waals surface area (Å²) in [5, 5.41) is 25.9. The fourth-order valence-corrected chi connectivity index (χ4v) is 4.88. The van der Waals surface area contributed by atoms with Crippen molar-refractivity contribution in [3.05, 3.63) is 0 Å². The zero-order valence-electron chi connectivity index (χ0n) is 29.9. The molecule has 0 heterocycles. The fraction of sp³-hybridized carbons (Fsp3) is 0.829. The van der Waals surface area contributed by atoms with E-state index in [9.17, 15) is 33.9 Å². The summed E-state index contributed by atoms with van der Waals surface area (Å²) in [6.45, 7) is 2.01. The summed E-state index contributed by atoms with van der Waals surface area (Å²) in [6, 6.07) is -1.13. The van der Waals surface area contributed by atoms with Gasteiger partial charge in [0.25, 0.3) is 0 Å². The van der Waals surface area contributed by atoms with Gasteiger partial charge in [-0.2, -0.15) is 0 Å². The van der Waals surface area contributed by atoms with Gasteiger partial charge in [-0.25, -0.2) is 4.79 Å². The molecule has 5 N–H and O–H groups in total. The van der Waals surface area contributed by atoms with Crippen molar-refractivity contribution in [3.63, 3.8) is 0 Å². The molecule has 15 nitrogen and oxygen atoms in total. The highest BCUT2D eigenvalue weighted by molar-refractivity contribution is 5.84. The SMILES string of the molecule is O=CCOCCOCCNC(=O)COCCOCCNC(=O)CCC(NC(=O)CCCCCCCCCCCCCCCCC(=O)O)C(=O)O. The number of hydrogen-bond donors (Lipinski definition) is 5. The van der Waals surface area contributed by atoms with E-state index in [1.54, 1.807) is 0 Å². The van der Waals surface area contributed by atoms with Crippen LogP contribution in [0, 0.1) is 0 Å².